The fourth-order valence-corrected chi connectivity index (χ4v) is 2.55. The summed E-state index contributed by atoms with van der Waals surface area (Å²) in [5, 5.41) is 43.6. The van der Waals surface area contributed by atoms with E-state index in [1.807, 2.05) is 0 Å². The summed E-state index contributed by atoms with van der Waals surface area (Å²) in [5.41, 5.74) is -0.187. The second-order valence-corrected chi connectivity index (χ2v) is 5.64. The monoisotopic (exact) mass is 376 g/mol. The highest BCUT2D eigenvalue weighted by Gasteiger charge is 2.30. The van der Waals surface area contributed by atoms with Crippen LogP contribution in [0.2, 0.25) is 0 Å². The largest absolute Gasteiger partial charge is 0.497 e. The van der Waals surface area contributed by atoms with Crippen molar-refractivity contribution in [2.24, 2.45) is 0 Å². The number of anilines is 1. The van der Waals surface area contributed by atoms with Gasteiger partial charge in [-0.25, -0.2) is 0 Å². The minimum absolute atomic E-state index is 0.447. The lowest BCUT2D eigenvalue weighted by Gasteiger charge is -2.04. The maximum absolute atomic E-state index is 10.4. The molecule has 0 aliphatic carbocycles. The van der Waals surface area contributed by atoms with Gasteiger partial charge in [0.2, 0.25) is 0 Å². The molecule has 0 saturated carbocycles. The smallest absolute Gasteiger partial charge is 0.324 e. The predicted octanol–water partition coefficient (Wildman–Crippen LogP) is 3.55. The van der Waals surface area contributed by atoms with E-state index in [0.717, 1.165) is 6.54 Å². The van der Waals surface area contributed by atoms with Crippen molar-refractivity contribution in [2.45, 2.75) is 19.3 Å². The van der Waals surface area contributed by atoms with E-state index >= 15 is 0 Å². The first-order chi connectivity index (χ1) is 12.8. The minimum atomic E-state index is -1.21. The van der Waals surface area contributed by atoms with Crippen molar-refractivity contribution in [1.82, 2.24) is 0 Å². The summed E-state index contributed by atoms with van der Waals surface area (Å²) in [5.74, 6) is -1.21. The highest BCUT2D eigenvalue weighted by molar-refractivity contribution is 5.64. The number of hydrogen-bond donors (Lipinski definition) is 2. The van der Waals surface area contributed by atoms with Crippen LogP contribution in [0.1, 0.15) is 18.4 Å². The zero-order chi connectivity index (χ0) is 20.0. The molecular formula is C16H16N4O7. The van der Waals surface area contributed by atoms with Gasteiger partial charge in [-0.1, -0.05) is 18.2 Å². The molecule has 1 aliphatic heterocycles. The Morgan fingerprint density at radius 3 is 2.04 bits per heavy atom. The van der Waals surface area contributed by atoms with Gasteiger partial charge in [-0.2, -0.15) is 0 Å². The lowest BCUT2D eigenvalue weighted by atomic mass is 10.1. The molecule has 0 saturated heterocycles. The van der Waals surface area contributed by atoms with Crippen LogP contribution >= 0.6 is 0 Å². The van der Waals surface area contributed by atoms with Gasteiger partial charge in [-0.3, -0.25) is 30.3 Å². The van der Waals surface area contributed by atoms with Crippen molar-refractivity contribution in [2.75, 3.05) is 11.9 Å². The lowest BCUT2D eigenvalue weighted by Crippen LogP contribution is -1.98. The Kier molecular flexibility index (Phi) is 6.20. The van der Waals surface area contributed by atoms with E-state index in [-0.39, 0.29) is 0 Å². The number of nitro benzene ring substituents is 3. The first kappa shape index (κ1) is 19.6. The second-order valence-electron chi connectivity index (χ2n) is 5.64. The van der Waals surface area contributed by atoms with Crippen LogP contribution in [0, 0.1) is 30.3 Å². The number of phenols is 1. The molecule has 2 aromatic rings. The topological polar surface area (TPSA) is 162 Å². The molecule has 0 unspecified atom stereocenters. The number of aromatic hydroxyl groups is 1. The van der Waals surface area contributed by atoms with Gasteiger partial charge in [-0.15, -0.1) is 0 Å². The van der Waals surface area contributed by atoms with E-state index in [9.17, 15) is 30.3 Å². The fraction of sp³-hybridized carbons (Fsp3) is 0.250. The molecule has 11 heteroatoms. The summed E-state index contributed by atoms with van der Waals surface area (Å²) in [6.07, 6.45) is 3.86. The summed E-state index contributed by atoms with van der Waals surface area (Å²) in [6.45, 7) is 1.14. The summed E-state index contributed by atoms with van der Waals surface area (Å²) in [4.78, 5) is 27.8. The molecule has 11 nitrogen and oxygen atoms in total. The van der Waals surface area contributed by atoms with Crippen LogP contribution in [0.3, 0.4) is 0 Å². The average Bonchev–Trinajstić information content (AvgIpc) is 2.87. The van der Waals surface area contributed by atoms with Gasteiger partial charge in [0.05, 0.1) is 26.9 Å². The normalized spacial score (nSPS) is 12.4. The molecule has 142 valence electrons. The number of nitrogens with zero attached hydrogens (tertiary/aromatic N) is 3. The number of nitro groups is 3. The van der Waals surface area contributed by atoms with Gasteiger partial charge in [-0.05, 0) is 30.9 Å². The maximum atomic E-state index is 10.4. The van der Waals surface area contributed by atoms with E-state index in [4.69, 9.17) is 5.11 Å². The van der Waals surface area contributed by atoms with E-state index in [1.54, 1.807) is 0 Å². The van der Waals surface area contributed by atoms with Crippen LogP contribution in [0.15, 0.2) is 36.4 Å². The molecule has 2 N–H and O–H groups in total. The number of benzene rings is 2. The third-order valence-corrected chi connectivity index (χ3v) is 3.86. The van der Waals surface area contributed by atoms with Crippen molar-refractivity contribution in [3.05, 3.63) is 72.3 Å². The Morgan fingerprint density at radius 2 is 1.48 bits per heavy atom. The molecule has 0 bridgehead atoms. The third-order valence-electron chi connectivity index (χ3n) is 3.86. The Balaban J connectivity index is 0.000000206. The molecule has 0 spiro atoms. The number of non-ortho nitro benzene ring substituents is 1. The summed E-state index contributed by atoms with van der Waals surface area (Å²) >= 11 is 0. The molecule has 0 atom stereocenters. The molecule has 0 aromatic heterocycles. The average molecular weight is 376 g/mol. The van der Waals surface area contributed by atoms with Gasteiger partial charge in [0.1, 0.15) is 0 Å². The number of phenolic OH excluding ortho intramolecular Hbond substituents is 1. The number of aryl methyl sites for hydroxylation is 1. The predicted molar refractivity (Wildman–Crippen MR) is 95.9 cm³/mol. The van der Waals surface area contributed by atoms with Gasteiger partial charge in [0, 0.05) is 12.2 Å². The van der Waals surface area contributed by atoms with Crippen LogP contribution < -0.4 is 5.32 Å². The molecule has 0 radical (unpaired) electrons. The van der Waals surface area contributed by atoms with Gasteiger partial charge in [0.25, 0.3) is 11.4 Å². The van der Waals surface area contributed by atoms with Gasteiger partial charge < -0.3 is 10.4 Å². The van der Waals surface area contributed by atoms with Gasteiger partial charge in [0.15, 0.2) is 0 Å². The lowest BCUT2D eigenvalue weighted by molar-refractivity contribution is -0.404. The van der Waals surface area contributed by atoms with E-state index < -0.39 is 37.6 Å². The van der Waals surface area contributed by atoms with E-state index in [1.165, 1.54) is 30.5 Å². The molecule has 1 aliphatic rings. The molecule has 0 amide bonds. The Morgan fingerprint density at radius 1 is 0.889 bits per heavy atom. The van der Waals surface area contributed by atoms with Gasteiger partial charge >= 0.3 is 11.4 Å². The van der Waals surface area contributed by atoms with E-state index in [0.29, 0.717) is 12.1 Å². The molecular weight excluding hydrogens is 360 g/mol. The highest BCUT2D eigenvalue weighted by atomic mass is 16.6. The summed E-state index contributed by atoms with van der Waals surface area (Å²) in [6, 6.07) is 9.49. The van der Waals surface area contributed by atoms with Crippen molar-refractivity contribution in [3.63, 3.8) is 0 Å². The zero-order valence-electron chi connectivity index (χ0n) is 14.0. The maximum Gasteiger partial charge on any atom is 0.324 e. The van der Waals surface area contributed by atoms with Crippen molar-refractivity contribution >= 4 is 22.7 Å². The van der Waals surface area contributed by atoms with Crippen LogP contribution in [-0.2, 0) is 6.42 Å². The molecule has 1 heterocycles. The second kappa shape index (κ2) is 8.56. The first-order valence-electron chi connectivity index (χ1n) is 7.93. The molecule has 27 heavy (non-hydrogen) atoms. The fourth-order valence-electron chi connectivity index (χ4n) is 2.55. The molecule has 0 fully saturated rings. The Hall–Kier alpha value is -3.76. The number of fused-ring (bicyclic) bond motifs is 1. The Bertz CT molecular complexity index is 825. The summed E-state index contributed by atoms with van der Waals surface area (Å²) < 4.78 is 0. The van der Waals surface area contributed by atoms with Crippen molar-refractivity contribution in [3.8, 4) is 5.75 Å². The number of rotatable bonds is 3. The SMILES string of the molecule is O=[N+]([O-])c1cc([N+](=O)[O-])c(O)c([N+](=O)[O-])c1.c1ccc2c(c1)CCCCN2. The Labute approximate surface area is 152 Å². The van der Waals surface area contributed by atoms with Crippen LogP contribution in [0.4, 0.5) is 22.7 Å². The molecule has 2 aromatic carbocycles. The minimum Gasteiger partial charge on any atom is -0.497 e. The number of nitrogens with one attached hydrogen (secondary N) is 1. The van der Waals surface area contributed by atoms with Crippen molar-refractivity contribution in [1.29, 1.82) is 0 Å². The standard InChI is InChI=1S/C10H13N.C6H3N3O7/c1-2-7-10-9(5-1)6-3-4-8-11-10;10-6-4(8(13)14)1-3(7(11)12)2-5(6)9(15)16/h1-2,5,7,11H,3-4,6,8H2;1-2,10H. The van der Waals surface area contributed by atoms with Crippen LogP contribution in [0.5, 0.6) is 5.75 Å². The highest BCUT2D eigenvalue weighted by Crippen LogP contribution is 2.38. The van der Waals surface area contributed by atoms with E-state index in [2.05, 4.69) is 29.6 Å². The van der Waals surface area contributed by atoms with Crippen LogP contribution in [0.25, 0.3) is 0 Å². The third kappa shape index (κ3) is 4.87. The summed E-state index contributed by atoms with van der Waals surface area (Å²) in [7, 11) is 0. The molecule has 3 rings (SSSR count). The first-order valence-corrected chi connectivity index (χ1v) is 7.93. The number of hydrogen-bond acceptors (Lipinski definition) is 8. The zero-order valence-corrected chi connectivity index (χ0v) is 14.0. The quantitative estimate of drug-likeness (QED) is 0.607. The van der Waals surface area contributed by atoms with Crippen molar-refractivity contribution < 1.29 is 19.9 Å². The number of para-hydroxylation sites is 1. The van der Waals surface area contributed by atoms with Crippen LogP contribution in [-0.4, -0.2) is 26.4 Å².